The van der Waals surface area contributed by atoms with E-state index >= 15 is 4.39 Å². The van der Waals surface area contributed by atoms with Gasteiger partial charge in [-0.05, 0) is 66.6 Å². The van der Waals surface area contributed by atoms with Gasteiger partial charge in [-0.2, -0.15) is 0 Å². The van der Waals surface area contributed by atoms with Crippen molar-refractivity contribution in [2.45, 2.75) is 57.7 Å². The first-order valence-electron chi connectivity index (χ1n) is 14.4. The van der Waals surface area contributed by atoms with Gasteiger partial charge in [-0.25, -0.2) is 4.39 Å². The third-order valence-corrected chi connectivity index (χ3v) is 9.37. The summed E-state index contributed by atoms with van der Waals surface area (Å²) in [6.07, 6.45) is 2.08. The van der Waals surface area contributed by atoms with E-state index in [0.717, 1.165) is 28.9 Å². The Bertz CT molecular complexity index is 1330. The fourth-order valence-electron chi connectivity index (χ4n) is 5.22. The lowest BCUT2D eigenvalue weighted by Crippen LogP contribution is -2.49. The van der Waals surface area contributed by atoms with Crippen LogP contribution in [0.25, 0.3) is 0 Å². The van der Waals surface area contributed by atoms with Crippen LogP contribution in [-0.4, -0.2) is 58.2 Å². The van der Waals surface area contributed by atoms with E-state index in [1.165, 1.54) is 10.4 Å². The van der Waals surface area contributed by atoms with Crippen molar-refractivity contribution in [2.24, 2.45) is 0 Å². The Labute approximate surface area is 249 Å². The largest absolute Gasteiger partial charge is 0.497 e. The quantitative estimate of drug-likeness (QED) is 0.175. The van der Waals surface area contributed by atoms with Crippen LogP contribution in [0.3, 0.4) is 0 Å². The molecule has 1 saturated heterocycles. The maximum atomic E-state index is 16.0. The number of nitrogens with zero attached hydrogens (tertiary/aromatic N) is 1. The van der Waals surface area contributed by atoms with E-state index < -0.39 is 34.6 Å². The summed E-state index contributed by atoms with van der Waals surface area (Å²) in [5, 5.41) is 17.3. The van der Waals surface area contributed by atoms with Gasteiger partial charge in [0.2, 0.25) is 0 Å². The normalized spacial score (nSPS) is 16.9. The summed E-state index contributed by atoms with van der Waals surface area (Å²) < 4.78 is 44.0. The summed E-state index contributed by atoms with van der Waals surface area (Å²) in [5.41, 5.74) is 2.49. The molecule has 1 aliphatic heterocycles. The van der Waals surface area contributed by atoms with Crippen LogP contribution in [0.15, 0.2) is 66.7 Å². The number of aryl methyl sites for hydroxylation is 1. The van der Waals surface area contributed by atoms with Crippen LogP contribution in [0.2, 0.25) is 0 Å². The van der Waals surface area contributed by atoms with Gasteiger partial charge in [0.05, 0.1) is 36.3 Å². The SMILES string of the molecule is CCCc1cc(C(=O)N[C@@H](Cc2ccccc2)[C@@H](O)CNCc2cccc(OC)c2)c(F)c(N2CCCCS2(O)O)c1. The zero-order valence-electron chi connectivity index (χ0n) is 24.3. The van der Waals surface area contributed by atoms with E-state index in [9.17, 15) is 19.0 Å². The van der Waals surface area contributed by atoms with Gasteiger partial charge in [-0.1, -0.05) is 55.8 Å². The van der Waals surface area contributed by atoms with Crippen molar-refractivity contribution < 1.29 is 28.1 Å². The molecule has 8 nitrogen and oxygen atoms in total. The number of rotatable bonds is 13. The number of benzene rings is 3. The topological polar surface area (TPSA) is 114 Å². The Morgan fingerprint density at radius 2 is 1.81 bits per heavy atom. The maximum Gasteiger partial charge on any atom is 0.254 e. The third-order valence-electron chi connectivity index (χ3n) is 7.44. The van der Waals surface area contributed by atoms with Crippen LogP contribution in [0, 0.1) is 5.82 Å². The molecule has 2 atom stereocenters. The van der Waals surface area contributed by atoms with Crippen LogP contribution in [0.4, 0.5) is 10.1 Å². The summed E-state index contributed by atoms with van der Waals surface area (Å²) >= 11 is 0. The van der Waals surface area contributed by atoms with Crippen molar-refractivity contribution in [3.63, 3.8) is 0 Å². The highest BCUT2D eigenvalue weighted by molar-refractivity contribution is 8.25. The average Bonchev–Trinajstić information content (AvgIpc) is 2.98. The Morgan fingerprint density at radius 3 is 2.52 bits per heavy atom. The molecule has 3 aromatic carbocycles. The number of hydrogen-bond donors (Lipinski definition) is 5. The molecule has 0 spiro atoms. The van der Waals surface area contributed by atoms with E-state index in [1.807, 2.05) is 61.5 Å². The van der Waals surface area contributed by atoms with Crippen LogP contribution in [0.5, 0.6) is 5.75 Å². The molecule has 228 valence electrons. The van der Waals surface area contributed by atoms with Gasteiger partial charge in [0.25, 0.3) is 5.91 Å². The first-order chi connectivity index (χ1) is 20.2. The zero-order valence-corrected chi connectivity index (χ0v) is 25.1. The smallest absolute Gasteiger partial charge is 0.254 e. The highest BCUT2D eigenvalue weighted by Crippen LogP contribution is 2.50. The van der Waals surface area contributed by atoms with E-state index in [0.29, 0.717) is 38.8 Å². The number of anilines is 1. The second kappa shape index (κ2) is 14.8. The number of carbonyl (C=O) groups excluding carboxylic acids is 1. The summed E-state index contributed by atoms with van der Waals surface area (Å²) in [6.45, 7) is 2.96. The minimum atomic E-state index is -3.18. The lowest BCUT2D eigenvalue weighted by atomic mass is 9.99. The van der Waals surface area contributed by atoms with E-state index in [2.05, 4.69) is 10.6 Å². The molecule has 0 aliphatic carbocycles. The summed E-state index contributed by atoms with van der Waals surface area (Å²) in [7, 11) is -1.58. The molecular formula is C32H42FN3O5S. The van der Waals surface area contributed by atoms with Gasteiger partial charge < -0.3 is 20.5 Å². The summed E-state index contributed by atoms with van der Waals surface area (Å²) in [5.74, 6) is -0.548. The molecule has 0 unspecified atom stereocenters. The van der Waals surface area contributed by atoms with Crippen molar-refractivity contribution in [1.82, 2.24) is 10.6 Å². The van der Waals surface area contributed by atoms with Crippen molar-refractivity contribution >= 4 is 22.4 Å². The molecule has 3 aromatic rings. The third kappa shape index (κ3) is 8.23. The number of aliphatic hydroxyl groups is 1. The molecule has 1 aliphatic rings. The van der Waals surface area contributed by atoms with Gasteiger partial charge in [0.15, 0.2) is 5.82 Å². The number of hydrogen-bond acceptors (Lipinski definition) is 7. The van der Waals surface area contributed by atoms with Gasteiger partial charge >= 0.3 is 0 Å². The van der Waals surface area contributed by atoms with Crippen molar-refractivity contribution in [3.05, 3.63) is 94.8 Å². The predicted octanol–water partition coefficient (Wildman–Crippen LogP) is 5.54. The van der Waals surface area contributed by atoms with Crippen LogP contribution >= 0.6 is 10.8 Å². The van der Waals surface area contributed by atoms with Gasteiger partial charge in [0.1, 0.15) is 5.75 Å². The number of methoxy groups -OCH3 is 1. The van der Waals surface area contributed by atoms with Crippen LogP contribution < -0.4 is 19.7 Å². The number of amides is 1. The number of aliphatic hydroxyl groups excluding tert-OH is 1. The molecule has 42 heavy (non-hydrogen) atoms. The molecule has 0 aromatic heterocycles. The minimum absolute atomic E-state index is 0.0333. The second-order valence-electron chi connectivity index (χ2n) is 10.7. The van der Waals surface area contributed by atoms with Crippen molar-refractivity contribution in [1.29, 1.82) is 0 Å². The fraction of sp³-hybridized carbons (Fsp3) is 0.406. The summed E-state index contributed by atoms with van der Waals surface area (Å²) in [4.78, 5) is 13.7. The average molecular weight is 600 g/mol. The number of nitrogens with one attached hydrogen (secondary N) is 2. The fourth-order valence-corrected chi connectivity index (χ4v) is 6.90. The Kier molecular flexibility index (Phi) is 11.2. The monoisotopic (exact) mass is 599 g/mol. The molecule has 0 bridgehead atoms. The Hall–Kier alpha value is -3.15. The molecule has 1 amide bonds. The van der Waals surface area contributed by atoms with Crippen LogP contribution in [-0.2, 0) is 19.4 Å². The first-order valence-corrected chi connectivity index (χ1v) is 16.1. The molecule has 4 rings (SSSR count). The lowest BCUT2D eigenvalue weighted by Gasteiger charge is -2.47. The lowest BCUT2D eigenvalue weighted by molar-refractivity contribution is 0.0826. The molecule has 5 N–H and O–H groups in total. The number of halogens is 1. The Balaban J connectivity index is 1.56. The predicted molar refractivity (Wildman–Crippen MR) is 167 cm³/mol. The highest BCUT2D eigenvalue weighted by atomic mass is 32.3. The highest BCUT2D eigenvalue weighted by Gasteiger charge is 2.32. The zero-order chi connectivity index (χ0) is 30.1. The van der Waals surface area contributed by atoms with E-state index in [4.69, 9.17) is 4.74 Å². The first kappa shape index (κ1) is 31.8. The summed E-state index contributed by atoms with van der Waals surface area (Å²) in [6, 6.07) is 19.5. The van der Waals surface area contributed by atoms with Gasteiger partial charge in [-0.3, -0.25) is 18.2 Å². The maximum absolute atomic E-state index is 16.0. The molecule has 0 saturated carbocycles. The Morgan fingerprint density at radius 1 is 1.05 bits per heavy atom. The number of ether oxygens (including phenoxy) is 1. The molecule has 0 radical (unpaired) electrons. The number of carbonyl (C=O) groups is 1. The molecular weight excluding hydrogens is 557 g/mol. The van der Waals surface area contributed by atoms with Crippen molar-refractivity contribution in [3.8, 4) is 5.75 Å². The van der Waals surface area contributed by atoms with Gasteiger partial charge in [0, 0.05) is 19.6 Å². The van der Waals surface area contributed by atoms with E-state index in [-0.39, 0.29) is 23.5 Å². The standard InChI is InChI=1S/C32H42FN3O5S/c1-3-10-24-18-27(31(33)29(20-24)36-15-7-8-16-42(36,39)40)32(38)35-28(19-23-11-5-4-6-12-23)30(37)22-34-21-25-13-9-14-26(17-25)41-2/h4-6,9,11-14,17-18,20,28,30,34,37,39-40H,3,7-8,10,15-16,19,21-22H2,1-2H3,(H,35,38)/t28-,30-/m0/s1. The molecule has 1 fully saturated rings. The molecule has 10 heteroatoms. The molecule has 1 heterocycles. The van der Waals surface area contributed by atoms with Crippen LogP contribution in [0.1, 0.15) is 53.2 Å². The second-order valence-corrected chi connectivity index (χ2v) is 12.8. The van der Waals surface area contributed by atoms with Crippen molar-refractivity contribution in [2.75, 3.05) is 30.3 Å². The van der Waals surface area contributed by atoms with Gasteiger partial charge in [-0.15, -0.1) is 10.8 Å². The minimum Gasteiger partial charge on any atom is -0.497 e. The van der Waals surface area contributed by atoms with E-state index in [1.54, 1.807) is 13.2 Å².